The predicted molar refractivity (Wildman–Crippen MR) is 142 cm³/mol. The zero-order chi connectivity index (χ0) is 27.3. The molecule has 2 aromatic rings. The van der Waals surface area contributed by atoms with Crippen LogP contribution in [0.3, 0.4) is 0 Å². The lowest BCUT2D eigenvalue weighted by molar-refractivity contribution is -0.384. The highest BCUT2D eigenvalue weighted by Gasteiger charge is 2.33. The summed E-state index contributed by atoms with van der Waals surface area (Å²) < 4.78 is 5.42. The number of nitrogens with zero attached hydrogens (tertiary/aromatic N) is 3. The third kappa shape index (κ3) is 6.74. The van der Waals surface area contributed by atoms with Crippen LogP contribution in [0.4, 0.5) is 10.5 Å². The number of ether oxygens (including phenoxy) is 1. The van der Waals surface area contributed by atoms with Crippen molar-refractivity contribution in [3.05, 3.63) is 69.8 Å². The lowest BCUT2D eigenvalue weighted by atomic mass is 9.89. The van der Waals surface area contributed by atoms with Crippen molar-refractivity contribution in [2.75, 3.05) is 26.2 Å². The van der Waals surface area contributed by atoms with Crippen LogP contribution in [0.5, 0.6) is 0 Å². The molecule has 1 fully saturated rings. The molecule has 1 heterocycles. The van der Waals surface area contributed by atoms with Gasteiger partial charge in [0.1, 0.15) is 5.60 Å². The molecule has 1 aliphatic rings. The van der Waals surface area contributed by atoms with Gasteiger partial charge in [-0.1, -0.05) is 50.2 Å². The molecule has 0 aromatic heterocycles. The Balaban J connectivity index is 1.89. The molecule has 9 heteroatoms. The van der Waals surface area contributed by atoms with E-state index in [1.165, 1.54) is 21.9 Å². The number of piperazine rings is 1. The summed E-state index contributed by atoms with van der Waals surface area (Å²) in [5.41, 5.74) is 2.03. The Morgan fingerprint density at radius 1 is 1.16 bits per heavy atom. The summed E-state index contributed by atoms with van der Waals surface area (Å²) in [6.45, 7) is 9.72. The molecule has 3 rings (SSSR count). The van der Waals surface area contributed by atoms with Gasteiger partial charge in [0.05, 0.1) is 23.1 Å². The molecular formula is C28H35N3O6. The highest BCUT2D eigenvalue weighted by molar-refractivity contribution is 5.95. The number of nitro benzene ring substituents is 1. The van der Waals surface area contributed by atoms with Crippen molar-refractivity contribution in [3.8, 4) is 11.1 Å². The maximum atomic E-state index is 13.1. The number of benzene rings is 2. The Kier molecular flexibility index (Phi) is 8.70. The Morgan fingerprint density at radius 3 is 2.49 bits per heavy atom. The summed E-state index contributed by atoms with van der Waals surface area (Å²) in [4.78, 5) is 40.1. The molecule has 198 valence electrons. The number of carbonyl (C=O) groups is 2. The average Bonchev–Trinajstić information content (AvgIpc) is 2.85. The van der Waals surface area contributed by atoms with Crippen LogP contribution < -0.4 is 0 Å². The maximum absolute atomic E-state index is 13.1. The van der Waals surface area contributed by atoms with Gasteiger partial charge in [0.2, 0.25) is 5.91 Å². The molecular weight excluding hydrogens is 474 g/mol. The van der Waals surface area contributed by atoms with Crippen molar-refractivity contribution in [2.24, 2.45) is 0 Å². The number of hydrogen-bond acceptors (Lipinski definition) is 6. The van der Waals surface area contributed by atoms with Crippen LogP contribution in [0, 0.1) is 10.1 Å². The minimum Gasteiger partial charge on any atom is -0.444 e. The molecule has 9 nitrogen and oxygen atoms in total. The number of aliphatic hydroxyl groups excluding tert-OH is 1. The molecule has 2 amide bonds. The lowest BCUT2D eigenvalue weighted by Gasteiger charge is -2.40. The van der Waals surface area contributed by atoms with E-state index in [1.54, 1.807) is 39.0 Å². The zero-order valence-electron chi connectivity index (χ0n) is 22.0. The molecule has 0 bridgehead atoms. The number of rotatable bonds is 6. The fourth-order valence-corrected chi connectivity index (χ4v) is 4.42. The number of carbonyl (C=O) groups excluding carboxylic acids is 2. The van der Waals surface area contributed by atoms with Crippen LogP contribution in [0.1, 0.15) is 51.7 Å². The molecule has 0 aliphatic carbocycles. The molecule has 2 aromatic carbocycles. The molecule has 0 radical (unpaired) electrons. The van der Waals surface area contributed by atoms with E-state index in [0.29, 0.717) is 11.1 Å². The van der Waals surface area contributed by atoms with E-state index < -0.39 is 22.7 Å². The minimum absolute atomic E-state index is 0.0399. The third-order valence-electron chi connectivity index (χ3n) is 6.16. The van der Waals surface area contributed by atoms with Crippen molar-refractivity contribution < 1.29 is 24.4 Å². The van der Waals surface area contributed by atoms with Crippen molar-refractivity contribution >= 4 is 23.8 Å². The van der Waals surface area contributed by atoms with Gasteiger partial charge in [-0.2, -0.15) is 0 Å². The smallest absolute Gasteiger partial charge is 0.410 e. The van der Waals surface area contributed by atoms with Crippen LogP contribution in [-0.4, -0.2) is 69.7 Å². The van der Waals surface area contributed by atoms with Crippen molar-refractivity contribution in [2.45, 2.75) is 52.2 Å². The summed E-state index contributed by atoms with van der Waals surface area (Å²) in [6.07, 6.45) is 2.46. The van der Waals surface area contributed by atoms with Crippen molar-refractivity contribution in [1.29, 1.82) is 0 Å². The van der Waals surface area contributed by atoms with Crippen LogP contribution in [0.15, 0.2) is 48.5 Å². The van der Waals surface area contributed by atoms with Crippen molar-refractivity contribution in [1.82, 2.24) is 9.80 Å². The monoisotopic (exact) mass is 509 g/mol. The van der Waals surface area contributed by atoms with E-state index in [9.17, 15) is 24.8 Å². The van der Waals surface area contributed by atoms with E-state index in [1.807, 2.05) is 38.1 Å². The van der Waals surface area contributed by atoms with Gasteiger partial charge in [0.15, 0.2) is 0 Å². The van der Waals surface area contributed by atoms with E-state index in [2.05, 4.69) is 0 Å². The second kappa shape index (κ2) is 11.6. The average molecular weight is 510 g/mol. The molecule has 1 saturated heterocycles. The fourth-order valence-electron chi connectivity index (χ4n) is 4.42. The van der Waals surface area contributed by atoms with E-state index in [0.717, 1.165) is 11.1 Å². The first kappa shape index (κ1) is 27.9. The standard InChI is InChI=1S/C28H35N3O6/c1-19(2)22-10-6-7-11-23(22)26-20(9-8-12-24(26)31(35)36)13-14-25(33)30-16-15-29(17-21(30)18-32)27(34)37-28(3,4)5/h6-14,19,21,32H,15-18H2,1-5H3/b14-13+. The van der Waals surface area contributed by atoms with Gasteiger partial charge in [-0.25, -0.2) is 4.79 Å². The molecule has 37 heavy (non-hydrogen) atoms. The summed E-state index contributed by atoms with van der Waals surface area (Å²) in [5.74, 6) is -0.210. The second-order valence-electron chi connectivity index (χ2n) is 10.4. The topological polar surface area (TPSA) is 113 Å². The quantitative estimate of drug-likeness (QED) is 0.339. The Labute approximate surface area is 217 Å². The van der Waals surface area contributed by atoms with E-state index in [4.69, 9.17) is 4.74 Å². The normalized spacial score (nSPS) is 16.4. The van der Waals surface area contributed by atoms with Crippen LogP contribution in [0.25, 0.3) is 17.2 Å². The van der Waals surface area contributed by atoms with Gasteiger partial charge in [-0.05, 0) is 49.5 Å². The Bertz CT molecular complexity index is 1180. The first-order valence-electron chi connectivity index (χ1n) is 12.4. The Hall–Kier alpha value is -3.72. The SMILES string of the molecule is CC(C)c1ccccc1-c1c(/C=C/C(=O)N2CCN(C(=O)OC(C)(C)C)CC2CO)cccc1[N+](=O)[O-]. The molecule has 0 saturated carbocycles. The molecule has 1 N–H and O–H groups in total. The van der Waals surface area contributed by atoms with Gasteiger partial charge in [0, 0.05) is 31.8 Å². The van der Waals surface area contributed by atoms with Gasteiger partial charge in [0.25, 0.3) is 5.69 Å². The maximum Gasteiger partial charge on any atom is 0.410 e. The molecule has 0 spiro atoms. The fraction of sp³-hybridized carbons (Fsp3) is 0.429. The number of nitro groups is 1. The number of amides is 2. The van der Waals surface area contributed by atoms with Crippen LogP contribution in [-0.2, 0) is 9.53 Å². The third-order valence-corrected chi connectivity index (χ3v) is 6.16. The molecule has 1 aliphatic heterocycles. The second-order valence-corrected chi connectivity index (χ2v) is 10.4. The predicted octanol–water partition coefficient (Wildman–Crippen LogP) is 4.84. The first-order chi connectivity index (χ1) is 17.4. The highest BCUT2D eigenvalue weighted by Crippen LogP contribution is 2.38. The minimum atomic E-state index is -0.647. The largest absolute Gasteiger partial charge is 0.444 e. The number of hydrogen-bond donors (Lipinski definition) is 1. The van der Waals surface area contributed by atoms with Gasteiger partial charge in [-0.3, -0.25) is 14.9 Å². The van der Waals surface area contributed by atoms with Crippen LogP contribution in [0.2, 0.25) is 0 Å². The van der Waals surface area contributed by atoms with E-state index >= 15 is 0 Å². The highest BCUT2D eigenvalue weighted by atomic mass is 16.6. The van der Waals surface area contributed by atoms with Gasteiger partial charge >= 0.3 is 6.09 Å². The van der Waals surface area contributed by atoms with Crippen molar-refractivity contribution in [3.63, 3.8) is 0 Å². The summed E-state index contributed by atoms with van der Waals surface area (Å²) >= 11 is 0. The Morgan fingerprint density at radius 2 is 1.86 bits per heavy atom. The number of aliphatic hydroxyl groups is 1. The lowest BCUT2D eigenvalue weighted by Crippen LogP contribution is -2.58. The first-order valence-corrected chi connectivity index (χ1v) is 12.4. The van der Waals surface area contributed by atoms with Gasteiger partial charge < -0.3 is 19.6 Å². The van der Waals surface area contributed by atoms with E-state index in [-0.39, 0.29) is 43.8 Å². The molecule has 1 unspecified atom stereocenters. The summed E-state index contributed by atoms with van der Waals surface area (Å²) in [5, 5.41) is 21.8. The molecule has 1 atom stereocenters. The van der Waals surface area contributed by atoms with Crippen LogP contribution >= 0.6 is 0 Å². The summed E-state index contributed by atoms with van der Waals surface area (Å²) in [7, 11) is 0. The zero-order valence-corrected chi connectivity index (χ0v) is 22.0. The summed E-state index contributed by atoms with van der Waals surface area (Å²) in [6, 6.07) is 11.8. The van der Waals surface area contributed by atoms with Gasteiger partial charge in [-0.15, -0.1) is 0 Å².